The number of nitrogens with two attached hydrogens (primary N) is 1. The number of carbonyl (C=O) groups excluding carboxylic acids is 4. The second-order valence-electron chi connectivity index (χ2n) is 8.27. The molecule has 0 aromatic heterocycles. The Kier molecular flexibility index (Phi) is 10.8. The van der Waals surface area contributed by atoms with E-state index in [9.17, 15) is 19.2 Å². The topological polar surface area (TPSA) is 140 Å². The van der Waals surface area contributed by atoms with Crippen molar-refractivity contribution in [2.45, 2.75) is 78.6 Å². The third-order valence-corrected chi connectivity index (χ3v) is 3.93. The van der Waals surface area contributed by atoms with Gasteiger partial charge in [0.1, 0.15) is 24.4 Å². The zero-order chi connectivity index (χ0) is 25.2. The van der Waals surface area contributed by atoms with Gasteiger partial charge in [0.05, 0.1) is 0 Å². The van der Waals surface area contributed by atoms with Crippen molar-refractivity contribution in [1.82, 2.24) is 0 Å². The van der Waals surface area contributed by atoms with Crippen LogP contribution in [0.1, 0.15) is 59.9 Å². The molecule has 0 aliphatic heterocycles. The molecule has 1 aromatic rings. The smallest absolute Gasteiger partial charge is 0.458 e. The van der Waals surface area contributed by atoms with Gasteiger partial charge in [-0.3, -0.25) is 14.4 Å². The van der Waals surface area contributed by atoms with Crippen LogP contribution in [0.25, 0.3) is 0 Å². The Balaban J connectivity index is 2.74. The molecule has 2 N–H and O–H groups in total. The normalized spacial score (nSPS) is 12.8. The lowest BCUT2D eigenvalue weighted by atomic mass is 10.1. The average Bonchev–Trinajstić information content (AvgIpc) is 2.72. The summed E-state index contributed by atoms with van der Waals surface area (Å²) in [6.07, 6.45) is -1.27. The van der Waals surface area contributed by atoms with Crippen LogP contribution in [0.4, 0.5) is 4.79 Å². The summed E-state index contributed by atoms with van der Waals surface area (Å²) in [4.78, 5) is 47.3. The maximum Gasteiger partial charge on any atom is 0.508 e. The van der Waals surface area contributed by atoms with E-state index in [1.165, 1.54) is 12.1 Å². The molecule has 10 nitrogen and oxygen atoms in total. The monoisotopic (exact) mass is 467 g/mol. The molecule has 0 bridgehead atoms. The van der Waals surface area contributed by atoms with Crippen LogP contribution in [-0.2, 0) is 35.0 Å². The van der Waals surface area contributed by atoms with E-state index in [0.717, 1.165) is 0 Å². The summed E-state index contributed by atoms with van der Waals surface area (Å²) in [5, 5.41) is 0. The molecule has 0 saturated carbocycles. The summed E-state index contributed by atoms with van der Waals surface area (Å²) < 4.78 is 25.6. The number of rotatable bonds is 10. The lowest BCUT2D eigenvalue weighted by Gasteiger charge is -2.20. The van der Waals surface area contributed by atoms with Crippen molar-refractivity contribution < 1.29 is 42.9 Å². The molecule has 0 aliphatic rings. The van der Waals surface area contributed by atoms with Gasteiger partial charge in [-0.1, -0.05) is 19.9 Å². The first-order valence-electron chi connectivity index (χ1n) is 10.7. The number of benzene rings is 1. The highest BCUT2D eigenvalue weighted by Crippen LogP contribution is 2.30. The van der Waals surface area contributed by atoms with Crippen LogP contribution < -0.4 is 15.2 Å². The summed E-state index contributed by atoms with van der Waals surface area (Å²) in [6.45, 7) is 9.72. The fraction of sp³-hybridized carbons (Fsp3) is 0.565. The Morgan fingerprint density at radius 1 is 0.970 bits per heavy atom. The summed E-state index contributed by atoms with van der Waals surface area (Å²) in [7, 11) is 0. The fourth-order valence-electron chi connectivity index (χ4n) is 2.35. The lowest BCUT2D eigenvalue weighted by Crippen LogP contribution is -2.37. The van der Waals surface area contributed by atoms with Crippen molar-refractivity contribution in [1.29, 1.82) is 0 Å². The highest BCUT2D eigenvalue weighted by Gasteiger charge is 2.22. The van der Waals surface area contributed by atoms with Gasteiger partial charge >= 0.3 is 24.1 Å². The second-order valence-corrected chi connectivity index (χ2v) is 8.27. The molecule has 0 heterocycles. The highest BCUT2D eigenvalue weighted by molar-refractivity contribution is 5.77. The third kappa shape index (κ3) is 10.8. The van der Waals surface area contributed by atoms with E-state index in [1.54, 1.807) is 47.6 Å². The van der Waals surface area contributed by atoms with Gasteiger partial charge in [-0.25, -0.2) is 4.79 Å². The molecule has 0 spiro atoms. The largest absolute Gasteiger partial charge is 0.508 e. The fourth-order valence-corrected chi connectivity index (χ4v) is 2.35. The zero-order valence-electron chi connectivity index (χ0n) is 20.0. The van der Waals surface area contributed by atoms with Gasteiger partial charge in [-0.2, -0.15) is 0 Å². The first-order chi connectivity index (χ1) is 15.3. The van der Waals surface area contributed by atoms with Gasteiger partial charge in [-0.05, 0) is 51.8 Å². The molecule has 0 saturated heterocycles. The molecule has 10 heteroatoms. The van der Waals surface area contributed by atoms with E-state index in [4.69, 9.17) is 29.4 Å². The highest BCUT2D eigenvalue weighted by atomic mass is 16.7. The van der Waals surface area contributed by atoms with Gasteiger partial charge in [0, 0.05) is 12.8 Å². The minimum absolute atomic E-state index is 0.0563. The van der Waals surface area contributed by atoms with Crippen LogP contribution in [0.15, 0.2) is 18.2 Å². The summed E-state index contributed by atoms with van der Waals surface area (Å²) in [6, 6.07) is 3.52. The van der Waals surface area contributed by atoms with Crippen molar-refractivity contribution in [3.8, 4) is 11.5 Å². The predicted octanol–water partition coefficient (Wildman–Crippen LogP) is 3.07. The van der Waals surface area contributed by atoms with E-state index in [2.05, 4.69) is 0 Å². The number of carbonyl (C=O) groups is 4. The Bertz CT molecular complexity index is 845. The van der Waals surface area contributed by atoms with Crippen molar-refractivity contribution in [2.75, 3.05) is 6.61 Å². The van der Waals surface area contributed by atoms with E-state index >= 15 is 0 Å². The molecule has 33 heavy (non-hydrogen) atoms. The Morgan fingerprint density at radius 2 is 1.55 bits per heavy atom. The molecule has 2 atom stereocenters. The van der Waals surface area contributed by atoms with Gasteiger partial charge in [-0.15, -0.1) is 0 Å². The maximum atomic E-state index is 12.3. The van der Waals surface area contributed by atoms with Crippen LogP contribution in [0.5, 0.6) is 11.5 Å². The molecule has 0 unspecified atom stereocenters. The van der Waals surface area contributed by atoms with Crippen LogP contribution in [0.2, 0.25) is 0 Å². The summed E-state index contributed by atoms with van der Waals surface area (Å²) >= 11 is 0. The SMILES string of the molecule is CCC(=O)Oc1ccc(C[C@H](N)C(=O)O[C@@H](C)COC(=O)OC(C)(C)C)cc1OC(=O)CC. The third-order valence-electron chi connectivity index (χ3n) is 3.93. The molecule has 1 rings (SSSR count). The molecule has 0 radical (unpaired) electrons. The first kappa shape index (κ1) is 27.9. The number of ether oxygens (including phenoxy) is 5. The molecule has 0 aliphatic carbocycles. The van der Waals surface area contributed by atoms with Crippen LogP contribution in [-0.4, -0.2) is 48.4 Å². The van der Waals surface area contributed by atoms with Crippen LogP contribution in [0.3, 0.4) is 0 Å². The van der Waals surface area contributed by atoms with Crippen molar-refractivity contribution in [3.05, 3.63) is 23.8 Å². The zero-order valence-corrected chi connectivity index (χ0v) is 20.0. The van der Waals surface area contributed by atoms with Crippen LogP contribution >= 0.6 is 0 Å². The quantitative estimate of drug-likeness (QED) is 0.403. The lowest BCUT2D eigenvalue weighted by molar-refractivity contribution is -0.152. The summed E-state index contributed by atoms with van der Waals surface area (Å²) in [5.74, 6) is -1.55. The molecule has 1 aromatic carbocycles. The van der Waals surface area contributed by atoms with Gasteiger partial charge < -0.3 is 29.4 Å². The predicted molar refractivity (Wildman–Crippen MR) is 118 cm³/mol. The minimum atomic E-state index is -1.03. The Morgan fingerprint density at radius 3 is 2.09 bits per heavy atom. The van der Waals surface area contributed by atoms with E-state index < -0.39 is 41.8 Å². The molecule has 184 valence electrons. The number of esters is 3. The van der Waals surface area contributed by atoms with E-state index in [0.29, 0.717) is 5.56 Å². The Labute approximate surface area is 193 Å². The average molecular weight is 468 g/mol. The Hall–Kier alpha value is -3.14. The molecule has 0 amide bonds. The molecular formula is C23H33NO9. The van der Waals surface area contributed by atoms with E-state index in [1.807, 2.05) is 0 Å². The first-order valence-corrected chi connectivity index (χ1v) is 10.7. The second kappa shape index (κ2) is 12.8. The number of hydrogen-bond donors (Lipinski definition) is 1. The van der Waals surface area contributed by atoms with Gasteiger partial charge in [0.25, 0.3) is 0 Å². The summed E-state index contributed by atoms with van der Waals surface area (Å²) in [5.41, 5.74) is 5.82. The standard InChI is InChI=1S/C23H33NO9/c1-7-19(25)31-17-10-9-15(12-18(17)32-20(26)8-2)11-16(24)21(27)30-14(3)13-29-22(28)33-23(4,5)6/h9-10,12,14,16H,7-8,11,13,24H2,1-6H3/t14-,16-/m0/s1. The molecular weight excluding hydrogens is 434 g/mol. The maximum absolute atomic E-state index is 12.3. The molecule has 0 fully saturated rings. The van der Waals surface area contributed by atoms with Crippen molar-refractivity contribution >= 4 is 24.1 Å². The van der Waals surface area contributed by atoms with Crippen molar-refractivity contribution in [3.63, 3.8) is 0 Å². The van der Waals surface area contributed by atoms with Crippen LogP contribution in [0, 0.1) is 0 Å². The number of hydrogen-bond acceptors (Lipinski definition) is 10. The minimum Gasteiger partial charge on any atom is -0.458 e. The van der Waals surface area contributed by atoms with Gasteiger partial charge in [0.15, 0.2) is 11.5 Å². The van der Waals surface area contributed by atoms with E-state index in [-0.39, 0.29) is 37.4 Å². The van der Waals surface area contributed by atoms with Crippen molar-refractivity contribution in [2.24, 2.45) is 5.73 Å². The van der Waals surface area contributed by atoms with Gasteiger partial charge in [0.2, 0.25) is 0 Å².